The summed E-state index contributed by atoms with van der Waals surface area (Å²) in [4.78, 5) is 46.3. The van der Waals surface area contributed by atoms with Crippen LogP contribution in [0.25, 0.3) is 6.08 Å². The fourth-order valence-corrected chi connectivity index (χ4v) is 2.59. The third-order valence-corrected chi connectivity index (χ3v) is 4.05. The number of carboxylic acid groups (broad SMARTS) is 1. The molecule has 0 bridgehead atoms. The van der Waals surface area contributed by atoms with Gasteiger partial charge in [-0.3, -0.25) is 25.1 Å². The molecule has 10 heteroatoms. The molecule has 1 aliphatic rings. The molecule has 0 radical (unpaired) electrons. The van der Waals surface area contributed by atoms with Crippen LogP contribution in [0.15, 0.2) is 54.1 Å². The number of amides is 2. The van der Waals surface area contributed by atoms with E-state index in [1.54, 1.807) is 30.3 Å². The van der Waals surface area contributed by atoms with Gasteiger partial charge in [0.2, 0.25) is 0 Å². The topological polar surface area (TPSA) is 139 Å². The minimum Gasteiger partial charge on any atom is -0.479 e. The number of nitro benzene ring substituents is 1. The van der Waals surface area contributed by atoms with E-state index in [0.717, 1.165) is 11.1 Å². The van der Waals surface area contributed by atoms with Crippen molar-refractivity contribution in [3.8, 4) is 5.75 Å². The second-order valence-electron chi connectivity index (χ2n) is 6.06. The van der Waals surface area contributed by atoms with Crippen molar-refractivity contribution in [3.05, 3.63) is 69.8 Å². The SMILES string of the molecule is C[C@@H](Oc1ccc(/C=C2/C(=O)NN(c3ccccc3)C2=O)cc1[N+](=O)[O-])C(=O)O. The van der Waals surface area contributed by atoms with Gasteiger partial charge in [0.1, 0.15) is 5.57 Å². The molecule has 29 heavy (non-hydrogen) atoms. The highest BCUT2D eigenvalue weighted by Gasteiger charge is 2.34. The number of nitrogens with zero attached hydrogens (tertiary/aromatic N) is 2. The van der Waals surface area contributed by atoms with Crippen molar-refractivity contribution in [3.63, 3.8) is 0 Å². The Labute approximate surface area is 164 Å². The number of hydrogen-bond acceptors (Lipinski definition) is 6. The number of aliphatic carboxylic acids is 1. The second kappa shape index (κ2) is 7.80. The summed E-state index contributed by atoms with van der Waals surface area (Å²) in [6, 6.07) is 12.2. The molecule has 0 saturated carbocycles. The number of carboxylic acids is 1. The van der Waals surface area contributed by atoms with E-state index in [-0.39, 0.29) is 16.9 Å². The normalized spacial score (nSPS) is 15.9. The minimum absolute atomic E-state index is 0.198. The third-order valence-electron chi connectivity index (χ3n) is 4.05. The van der Waals surface area contributed by atoms with Crippen LogP contribution in [0.1, 0.15) is 12.5 Å². The lowest BCUT2D eigenvalue weighted by molar-refractivity contribution is -0.386. The number of ether oxygens (including phenoxy) is 1. The van der Waals surface area contributed by atoms with E-state index in [2.05, 4.69) is 5.43 Å². The van der Waals surface area contributed by atoms with Crippen LogP contribution in [0, 0.1) is 10.1 Å². The first-order valence-electron chi connectivity index (χ1n) is 8.38. The Hall–Kier alpha value is -4.21. The summed E-state index contributed by atoms with van der Waals surface area (Å²) in [5.41, 5.74) is 2.42. The zero-order valence-corrected chi connectivity index (χ0v) is 15.1. The van der Waals surface area contributed by atoms with Crippen LogP contribution in [-0.4, -0.2) is 33.9 Å². The van der Waals surface area contributed by atoms with Gasteiger partial charge in [0, 0.05) is 6.07 Å². The minimum atomic E-state index is -1.29. The second-order valence-corrected chi connectivity index (χ2v) is 6.06. The van der Waals surface area contributed by atoms with Crippen molar-refractivity contribution in [1.82, 2.24) is 5.43 Å². The lowest BCUT2D eigenvalue weighted by Gasteiger charge is -2.13. The predicted octanol–water partition coefficient (Wildman–Crippen LogP) is 1.91. The average molecular weight is 397 g/mol. The van der Waals surface area contributed by atoms with Gasteiger partial charge < -0.3 is 9.84 Å². The van der Waals surface area contributed by atoms with Gasteiger partial charge in [-0.15, -0.1) is 0 Å². The molecule has 1 aliphatic heterocycles. The van der Waals surface area contributed by atoms with Crippen LogP contribution in [0.2, 0.25) is 0 Å². The fraction of sp³-hybridized carbons (Fsp3) is 0.105. The number of nitro groups is 1. The largest absolute Gasteiger partial charge is 0.479 e. The Morgan fingerprint density at radius 1 is 1.24 bits per heavy atom. The molecule has 0 aromatic heterocycles. The van der Waals surface area contributed by atoms with Crippen LogP contribution in [0.5, 0.6) is 5.75 Å². The number of carbonyl (C=O) groups is 3. The molecular formula is C19H15N3O7. The van der Waals surface area contributed by atoms with E-state index in [1.807, 2.05) is 0 Å². The van der Waals surface area contributed by atoms with Crippen molar-refractivity contribution in [2.75, 3.05) is 5.01 Å². The van der Waals surface area contributed by atoms with Crippen molar-refractivity contribution in [2.45, 2.75) is 13.0 Å². The molecule has 2 aromatic rings. The quantitative estimate of drug-likeness (QED) is 0.328. The molecule has 1 fully saturated rings. The Bertz CT molecular complexity index is 1030. The Morgan fingerprint density at radius 3 is 2.55 bits per heavy atom. The van der Waals surface area contributed by atoms with Crippen LogP contribution in [0.3, 0.4) is 0 Å². The lowest BCUT2D eigenvalue weighted by Crippen LogP contribution is -2.35. The van der Waals surface area contributed by atoms with Crippen molar-refractivity contribution < 1.29 is 29.2 Å². The van der Waals surface area contributed by atoms with Crippen LogP contribution in [0.4, 0.5) is 11.4 Å². The molecule has 2 aromatic carbocycles. The monoisotopic (exact) mass is 397 g/mol. The maximum atomic E-state index is 12.6. The standard InChI is InChI=1S/C19H15N3O7/c1-11(19(25)26)29-16-8-7-12(10-15(16)22(27)28)9-14-17(23)20-21(18(14)24)13-5-3-2-4-6-13/h2-11H,1H3,(H,20,23)(H,25,26)/b14-9-/t11-/m1/s1. The van der Waals surface area contributed by atoms with Gasteiger partial charge in [-0.2, -0.15) is 0 Å². The van der Waals surface area contributed by atoms with Gasteiger partial charge in [0.15, 0.2) is 11.9 Å². The summed E-state index contributed by atoms with van der Waals surface area (Å²) in [6.07, 6.45) is -0.0719. The molecule has 1 heterocycles. The van der Waals surface area contributed by atoms with E-state index in [4.69, 9.17) is 9.84 Å². The number of carbonyl (C=O) groups excluding carboxylic acids is 2. The number of benzene rings is 2. The maximum Gasteiger partial charge on any atom is 0.344 e. The smallest absolute Gasteiger partial charge is 0.344 e. The van der Waals surface area contributed by atoms with Crippen LogP contribution < -0.4 is 15.2 Å². The first-order chi connectivity index (χ1) is 13.8. The first kappa shape index (κ1) is 19.5. The third kappa shape index (κ3) is 4.05. The molecule has 0 unspecified atom stereocenters. The van der Waals surface area contributed by atoms with Gasteiger partial charge in [-0.05, 0) is 36.8 Å². The molecule has 2 N–H and O–H groups in total. The molecule has 10 nitrogen and oxygen atoms in total. The van der Waals surface area contributed by atoms with E-state index in [9.17, 15) is 24.5 Å². The molecule has 2 amide bonds. The Morgan fingerprint density at radius 2 is 1.93 bits per heavy atom. The van der Waals surface area contributed by atoms with E-state index in [0.29, 0.717) is 5.69 Å². The molecule has 0 spiro atoms. The molecule has 148 valence electrons. The summed E-state index contributed by atoms with van der Waals surface area (Å²) in [5, 5.41) is 21.3. The Kier molecular flexibility index (Phi) is 5.26. The van der Waals surface area contributed by atoms with Crippen molar-refractivity contribution in [2.24, 2.45) is 0 Å². The number of rotatable bonds is 6. The summed E-state index contributed by atoms with van der Waals surface area (Å²) in [6.45, 7) is 1.24. The van der Waals surface area contributed by atoms with E-state index >= 15 is 0 Å². The zero-order valence-electron chi connectivity index (χ0n) is 15.1. The van der Waals surface area contributed by atoms with Crippen molar-refractivity contribution in [1.29, 1.82) is 0 Å². The fourth-order valence-electron chi connectivity index (χ4n) is 2.59. The van der Waals surface area contributed by atoms with Gasteiger partial charge in [0.25, 0.3) is 11.8 Å². The highest BCUT2D eigenvalue weighted by Crippen LogP contribution is 2.30. The highest BCUT2D eigenvalue weighted by atomic mass is 16.6. The predicted molar refractivity (Wildman–Crippen MR) is 101 cm³/mol. The zero-order chi connectivity index (χ0) is 21.1. The van der Waals surface area contributed by atoms with Gasteiger partial charge in [-0.25, -0.2) is 9.80 Å². The first-order valence-corrected chi connectivity index (χ1v) is 8.38. The van der Waals surface area contributed by atoms with E-state index < -0.39 is 34.5 Å². The lowest BCUT2D eigenvalue weighted by atomic mass is 10.1. The number of para-hydroxylation sites is 1. The average Bonchev–Trinajstić information content (AvgIpc) is 2.97. The van der Waals surface area contributed by atoms with Crippen molar-refractivity contribution >= 4 is 35.2 Å². The summed E-state index contributed by atoms with van der Waals surface area (Å²) in [7, 11) is 0. The van der Waals surface area contributed by atoms with Crippen LogP contribution in [-0.2, 0) is 14.4 Å². The summed E-state index contributed by atoms with van der Waals surface area (Å²) in [5.74, 6) is -2.77. The molecule has 1 atom stereocenters. The molecule has 0 aliphatic carbocycles. The molecular weight excluding hydrogens is 382 g/mol. The highest BCUT2D eigenvalue weighted by molar-refractivity contribution is 6.31. The molecule has 1 saturated heterocycles. The number of hydrogen-bond donors (Lipinski definition) is 2. The molecule has 3 rings (SSSR count). The van der Waals surface area contributed by atoms with E-state index in [1.165, 1.54) is 25.1 Å². The summed E-state index contributed by atoms with van der Waals surface area (Å²) >= 11 is 0. The maximum absolute atomic E-state index is 12.6. The summed E-state index contributed by atoms with van der Waals surface area (Å²) < 4.78 is 5.09. The number of anilines is 1. The Balaban J connectivity index is 1.92. The van der Waals surface area contributed by atoms with Gasteiger partial charge in [0.05, 0.1) is 10.6 Å². The van der Waals surface area contributed by atoms with Gasteiger partial charge in [-0.1, -0.05) is 24.3 Å². The number of hydrazine groups is 1. The number of nitrogens with one attached hydrogen (secondary N) is 1. The van der Waals surface area contributed by atoms with Gasteiger partial charge >= 0.3 is 11.7 Å². The van der Waals surface area contributed by atoms with Crippen LogP contribution >= 0.6 is 0 Å².